The Hall–Kier alpha value is -2.96. The Kier molecular flexibility index (Phi) is 5.24. The van der Waals surface area contributed by atoms with E-state index in [-0.39, 0.29) is 17.6 Å². The second-order valence-electron chi connectivity index (χ2n) is 4.85. The number of hydrogen-bond acceptors (Lipinski definition) is 4. The molecule has 1 aromatic heterocycles. The molecule has 7 heteroatoms. The highest BCUT2D eigenvalue weighted by Gasteiger charge is 2.14. The molecule has 0 spiro atoms. The van der Waals surface area contributed by atoms with Gasteiger partial charge in [-0.3, -0.25) is 9.59 Å². The number of carbonyl (C=O) groups excluding carboxylic acids is 2. The summed E-state index contributed by atoms with van der Waals surface area (Å²) in [6.07, 6.45) is 1.43. The van der Waals surface area contributed by atoms with Crippen molar-refractivity contribution in [3.8, 4) is 11.5 Å². The Morgan fingerprint density at radius 1 is 1.13 bits per heavy atom. The Bertz CT molecular complexity index is 687. The lowest BCUT2D eigenvalue weighted by Gasteiger charge is -2.12. The molecule has 0 aliphatic rings. The molecule has 1 atom stereocenters. The van der Waals surface area contributed by atoms with Gasteiger partial charge in [0.15, 0.2) is 0 Å². The van der Waals surface area contributed by atoms with Crippen molar-refractivity contribution in [1.82, 2.24) is 10.3 Å². The van der Waals surface area contributed by atoms with Gasteiger partial charge in [-0.05, 0) is 43.3 Å². The number of ether oxygens (including phenoxy) is 1. The minimum atomic E-state index is -0.663. The molecule has 1 heterocycles. The van der Waals surface area contributed by atoms with Gasteiger partial charge in [-0.2, -0.15) is 0 Å². The van der Waals surface area contributed by atoms with Crippen LogP contribution in [0.4, 0.5) is 10.2 Å². The van der Waals surface area contributed by atoms with E-state index in [1.165, 1.54) is 37.4 Å². The van der Waals surface area contributed by atoms with Gasteiger partial charge in [-0.25, -0.2) is 9.37 Å². The predicted molar refractivity (Wildman–Crippen MR) is 82.6 cm³/mol. The summed E-state index contributed by atoms with van der Waals surface area (Å²) in [6.45, 7) is 2.91. The van der Waals surface area contributed by atoms with Crippen LogP contribution in [-0.4, -0.2) is 22.8 Å². The molecule has 0 bridgehead atoms. The van der Waals surface area contributed by atoms with E-state index in [4.69, 9.17) is 4.74 Å². The second-order valence-corrected chi connectivity index (χ2v) is 4.85. The summed E-state index contributed by atoms with van der Waals surface area (Å²) in [5.41, 5.74) is 0. The molecule has 120 valence electrons. The molecular formula is C16H16FN3O3. The van der Waals surface area contributed by atoms with Crippen molar-refractivity contribution >= 4 is 17.6 Å². The topological polar surface area (TPSA) is 80.3 Å². The lowest BCUT2D eigenvalue weighted by atomic mass is 10.3. The van der Waals surface area contributed by atoms with E-state index >= 15 is 0 Å². The summed E-state index contributed by atoms with van der Waals surface area (Å²) in [7, 11) is 0. The van der Waals surface area contributed by atoms with Crippen LogP contribution in [0.15, 0.2) is 42.6 Å². The maximum atomic E-state index is 12.8. The van der Waals surface area contributed by atoms with E-state index in [1.807, 2.05) is 0 Å². The SMILES string of the molecule is CC(=O)N[C@H](C)C(=O)Nc1ccc(Oc2ccc(F)cc2)cn1. The average Bonchev–Trinajstić information content (AvgIpc) is 2.51. The maximum absolute atomic E-state index is 12.8. The van der Waals surface area contributed by atoms with Crippen molar-refractivity contribution in [2.45, 2.75) is 19.9 Å². The zero-order valence-electron chi connectivity index (χ0n) is 12.7. The first-order valence-corrected chi connectivity index (χ1v) is 6.91. The summed E-state index contributed by atoms with van der Waals surface area (Å²) in [6, 6.07) is 8.11. The Morgan fingerprint density at radius 3 is 2.35 bits per heavy atom. The molecule has 0 unspecified atom stereocenters. The van der Waals surface area contributed by atoms with Crippen LogP contribution in [0.25, 0.3) is 0 Å². The van der Waals surface area contributed by atoms with Gasteiger partial charge in [0.05, 0.1) is 6.20 Å². The van der Waals surface area contributed by atoms with Gasteiger partial charge < -0.3 is 15.4 Å². The number of aromatic nitrogens is 1. The van der Waals surface area contributed by atoms with Crippen LogP contribution in [-0.2, 0) is 9.59 Å². The molecule has 0 radical (unpaired) electrons. The number of nitrogens with one attached hydrogen (secondary N) is 2. The summed E-state index contributed by atoms with van der Waals surface area (Å²) < 4.78 is 18.3. The molecule has 0 fully saturated rings. The van der Waals surface area contributed by atoms with Gasteiger partial charge >= 0.3 is 0 Å². The highest BCUT2D eigenvalue weighted by atomic mass is 19.1. The Morgan fingerprint density at radius 2 is 1.78 bits per heavy atom. The molecule has 2 N–H and O–H groups in total. The first-order chi connectivity index (χ1) is 10.9. The molecule has 0 saturated heterocycles. The molecule has 2 rings (SSSR count). The van der Waals surface area contributed by atoms with Crippen molar-refractivity contribution in [3.05, 3.63) is 48.4 Å². The summed E-state index contributed by atoms with van der Waals surface area (Å²) >= 11 is 0. The predicted octanol–water partition coefficient (Wildman–Crippen LogP) is 2.48. The number of benzene rings is 1. The van der Waals surface area contributed by atoms with Crippen molar-refractivity contribution < 1.29 is 18.7 Å². The summed E-state index contributed by atoms with van der Waals surface area (Å²) in [5, 5.41) is 5.05. The normalized spacial score (nSPS) is 11.4. The highest BCUT2D eigenvalue weighted by Crippen LogP contribution is 2.21. The molecule has 23 heavy (non-hydrogen) atoms. The lowest BCUT2D eigenvalue weighted by Crippen LogP contribution is -2.40. The number of nitrogens with zero attached hydrogens (tertiary/aromatic N) is 1. The van der Waals surface area contributed by atoms with Gasteiger partial charge in [0.25, 0.3) is 0 Å². The van der Waals surface area contributed by atoms with Crippen LogP contribution < -0.4 is 15.4 Å². The van der Waals surface area contributed by atoms with Crippen LogP contribution in [0.3, 0.4) is 0 Å². The number of anilines is 1. The molecule has 2 amide bonds. The molecule has 0 aliphatic heterocycles. The largest absolute Gasteiger partial charge is 0.456 e. The van der Waals surface area contributed by atoms with E-state index in [2.05, 4.69) is 15.6 Å². The van der Waals surface area contributed by atoms with E-state index in [0.717, 1.165) is 0 Å². The van der Waals surface area contributed by atoms with Crippen LogP contribution in [0.5, 0.6) is 11.5 Å². The van der Waals surface area contributed by atoms with Gasteiger partial charge in [-0.15, -0.1) is 0 Å². The van der Waals surface area contributed by atoms with Crippen molar-refractivity contribution in [1.29, 1.82) is 0 Å². The monoisotopic (exact) mass is 317 g/mol. The average molecular weight is 317 g/mol. The molecule has 1 aromatic carbocycles. The van der Waals surface area contributed by atoms with Crippen LogP contribution in [0.2, 0.25) is 0 Å². The quantitative estimate of drug-likeness (QED) is 0.888. The van der Waals surface area contributed by atoms with E-state index in [0.29, 0.717) is 17.3 Å². The Labute approximate surface area is 132 Å². The zero-order valence-corrected chi connectivity index (χ0v) is 12.7. The number of pyridine rings is 1. The van der Waals surface area contributed by atoms with Crippen molar-refractivity contribution in [3.63, 3.8) is 0 Å². The minimum Gasteiger partial charge on any atom is -0.456 e. The van der Waals surface area contributed by atoms with Gasteiger partial charge in [0.1, 0.15) is 29.2 Å². The molecular weight excluding hydrogens is 301 g/mol. The summed E-state index contributed by atoms with van der Waals surface area (Å²) in [5.74, 6) is 0.248. The molecule has 2 aromatic rings. The molecule has 0 aliphatic carbocycles. The minimum absolute atomic E-state index is 0.288. The fourth-order valence-corrected chi connectivity index (χ4v) is 1.76. The molecule has 0 saturated carbocycles. The van der Waals surface area contributed by atoms with Gasteiger partial charge in [0.2, 0.25) is 11.8 Å². The number of halogens is 1. The highest BCUT2D eigenvalue weighted by molar-refractivity contribution is 5.95. The summed E-state index contributed by atoms with van der Waals surface area (Å²) in [4.78, 5) is 26.8. The lowest BCUT2D eigenvalue weighted by molar-refractivity contribution is -0.124. The van der Waals surface area contributed by atoms with Gasteiger partial charge in [-0.1, -0.05) is 0 Å². The smallest absolute Gasteiger partial charge is 0.247 e. The fourth-order valence-electron chi connectivity index (χ4n) is 1.76. The van der Waals surface area contributed by atoms with E-state index in [1.54, 1.807) is 19.1 Å². The third-order valence-corrected chi connectivity index (χ3v) is 2.85. The van der Waals surface area contributed by atoms with Crippen LogP contribution >= 0.6 is 0 Å². The Balaban J connectivity index is 1.95. The first-order valence-electron chi connectivity index (χ1n) is 6.91. The van der Waals surface area contributed by atoms with E-state index in [9.17, 15) is 14.0 Å². The second kappa shape index (κ2) is 7.35. The molecule has 6 nitrogen and oxygen atoms in total. The third kappa shape index (κ3) is 5.06. The standard InChI is InChI=1S/C16H16FN3O3/c1-10(19-11(2)21)16(22)20-15-8-7-14(9-18-15)23-13-5-3-12(17)4-6-13/h3-10H,1-2H3,(H,19,21)(H,18,20,22)/t10-/m1/s1. The number of amides is 2. The maximum Gasteiger partial charge on any atom is 0.247 e. The van der Waals surface area contributed by atoms with E-state index < -0.39 is 6.04 Å². The first kappa shape index (κ1) is 16.4. The number of hydrogen-bond donors (Lipinski definition) is 2. The zero-order chi connectivity index (χ0) is 16.8. The fraction of sp³-hybridized carbons (Fsp3) is 0.188. The third-order valence-electron chi connectivity index (χ3n) is 2.85. The number of carbonyl (C=O) groups is 2. The van der Waals surface area contributed by atoms with Crippen molar-refractivity contribution in [2.24, 2.45) is 0 Å². The van der Waals surface area contributed by atoms with Gasteiger partial charge in [0, 0.05) is 6.92 Å². The number of rotatable bonds is 5. The van der Waals surface area contributed by atoms with Crippen LogP contribution in [0, 0.1) is 5.82 Å². The van der Waals surface area contributed by atoms with Crippen molar-refractivity contribution in [2.75, 3.05) is 5.32 Å². The van der Waals surface area contributed by atoms with Crippen LogP contribution in [0.1, 0.15) is 13.8 Å².